The van der Waals surface area contributed by atoms with Crippen LogP contribution in [0.5, 0.6) is 0 Å². The maximum absolute atomic E-state index is 12.5. The van der Waals surface area contributed by atoms with Gasteiger partial charge in [0, 0.05) is 36.4 Å². The van der Waals surface area contributed by atoms with E-state index in [0.717, 1.165) is 31.6 Å². The maximum Gasteiger partial charge on any atom is 0.253 e. The lowest BCUT2D eigenvalue weighted by atomic mass is 10.0. The zero-order valence-corrected chi connectivity index (χ0v) is 18.1. The Morgan fingerprint density at radius 2 is 1.69 bits per heavy atom. The molecule has 0 bridgehead atoms. The van der Waals surface area contributed by atoms with Gasteiger partial charge in [0.25, 0.3) is 11.8 Å². The fourth-order valence-corrected chi connectivity index (χ4v) is 3.75. The van der Waals surface area contributed by atoms with Gasteiger partial charge in [0.2, 0.25) is 0 Å². The first-order chi connectivity index (χ1) is 13.8. The predicted molar refractivity (Wildman–Crippen MR) is 118 cm³/mol. The Balaban J connectivity index is 1.62. The summed E-state index contributed by atoms with van der Waals surface area (Å²) in [4.78, 5) is 27.2. The van der Waals surface area contributed by atoms with Gasteiger partial charge in [0.15, 0.2) is 0 Å². The molecule has 0 saturated carbocycles. The largest absolute Gasteiger partial charge is 0.371 e. The Morgan fingerprint density at radius 1 is 1.00 bits per heavy atom. The topological polar surface area (TPSA) is 61.4 Å². The van der Waals surface area contributed by atoms with Crippen molar-refractivity contribution in [3.63, 3.8) is 0 Å². The molecule has 1 aliphatic heterocycles. The molecule has 7 heteroatoms. The predicted octanol–water partition coefficient (Wildman–Crippen LogP) is 4.53. The van der Waals surface area contributed by atoms with Crippen molar-refractivity contribution >= 4 is 40.7 Å². The zero-order valence-electron chi connectivity index (χ0n) is 16.5. The first kappa shape index (κ1) is 21.5. The van der Waals surface area contributed by atoms with Crippen LogP contribution >= 0.6 is 23.2 Å². The summed E-state index contributed by atoms with van der Waals surface area (Å²) >= 11 is 11.9. The van der Waals surface area contributed by atoms with E-state index in [1.807, 2.05) is 38.1 Å². The Morgan fingerprint density at radius 3 is 2.34 bits per heavy atom. The van der Waals surface area contributed by atoms with Gasteiger partial charge < -0.3 is 15.5 Å². The van der Waals surface area contributed by atoms with Gasteiger partial charge >= 0.3 is 0 Å². The fraction of sp³-hybridized carbons (Fsp3) is 0.364. The van der Waals surface area contributed by atoms with Gasteiger partial charge in [-0.2, -0.15) is 0 Å². The van der Waals surface area contributed by atoms with Crippen molar-refractivity contribution < 1.29 is 9.59 Å². The third kappa shape index (κ3) is 5.43. The molecule has 2 amide bonds. The number of para-hydroxylation sites is 1. The SMILES string of the molecule is CC(C)NC(=O)c1ccccc1N1CCC(NC(=O)c2ccc(Cl)c(Cl)c2)CC1. The number of hydrogen-bond donors (Lipinski definition) is 2. The van der Waals surface area contributed by atoms with E-state index in [2.05, 4.69) is 15.5 Å². The Hall–Kier alpha value is -2.24. The summed E-state index contributed by atoms with van der Waals surface area (Å²) in [5.41, 5.74) is 2.11. The standard InChI is InChI=1S/C22H25Cl2N3O2/c1-14(2)25-22(29)17-5-3-4-6-20(17)27-11-9-16(10-12-27)26-21(28)15-7-8-18(23)19(24)13-15/h3-8,13-14,16H,9-12H2,1-2H3,(H,25,29)(H,26,28). The Labute approximate surface area is 181 Å². The molecule has 2 N–H and O–H groups in total. The molecule has 0 unspecified atom stereocenters. The van der Waals surface area contributed by atoms with Crippen molar-refractivity contribution in [1.29, 1.82) is 0 Å². The number of anilines is 1. The summed E-state index contributed by atoms with van der Waals surface area (Å²) in [7, 11) is 0. The van der Waals surface area contributed by atoms with Crippen LogP contribution in [0.15, 0.2) is 42.5 Å². The number of piperidine rings is 1. The second-order valence-electron chi connectivity index (χ2n) is 7.51. The summed E-state index contributed by atoms with van der Waals surface area (Å²) in [6.45, 7) is 5.42. The highest BCUT2D eigenvalue weighted by Crippen LogP contribution is 2.25. The normalized spacial score (nSPS) is 14.7. The highest BCUT2D eigenvalue weighted by Gasteiger charge is 2.24. The van der Waals surface area contributed by atoms with Crippen molar-refractivity contribution in [2.75, 3.05) is 18.0 Å². The van der Waals surface area contributed by atoms with E-state index in [1.54, 1.807) is 18.2 Å². The number of nitrogens with one attached hydrogen (secondary N) is 2. The van der Waals surface area contributed by atoms with E-state index < -0.39 is 0 Å². The number of nitrogens with zero attached hydrogens (tertiary/aromatic N) is 1. The number of rotatable bonds is 5. The van der Waals surface area contributed by atoms with Crippen LogP contribution in [0, 0.1) is 0 Å². The minimum absolute atomic E-state index is 0.0642. The van der Waals surface area contributed by atoms with Crippen molar-refractivity contribution in [2.45, 2.75) is 38.8 Å². The van der Waals surface area contributed by atoms with Gasteiger partial charge in [-0.1, -0.05) is 35.3 Å². The van der Waals surface area contributed by atoms with Crippen LogP contribution in [-0.4, -0.2) is 37.0 Å². The van der Waals surface area contributed by atoms with Gasteiger partial charge in [0.1, 0.15) is 0 Å². The molecule has 0 atom stereocenters. The van der Waals surface area contributed by atoms with Gasteiger partial charge in [-0.15, -0.1) is 0 Å². The van der Waals surface area contributed by atoms with Gasteiger partial charge in [0.05, 0.1) is 15.6 Å². The first-order valence-electron chi connectivity index (χ1n) is 9.76. The third-order valence-corrected chi connectivity index (χ3v) is 5.66. The lowest BCUT2D eigenvalue weighted by Crippen LogP contribution is -2.45. The van der Waals surface area contributed by atoms with Crippen molar-refractivity contribution in [2.24, 2.45) is 0 Å². The van der Waals surface area contributed by atoms with E-state index in [0.29, 0.717) is 21.2 Å². The van der Waals surface area contributed by atoms with E-state index in [-0.39, 0.29) is 23.9 Å². The lowest BCUT2D eigenvalue weighted by molar-refractivity contribution is 0.0928. The number of hydrogen-bond acceptors (Lipinski definition) is 3. The van der Waals surface area contributed by atoms with Gasteiger partial charge in [-0.25, -0.2) is 0 Å². The van der Waals surface area contributed by atoms with Gasteiger partial charge in [-0.05, 0) is 57.0 Å². The number of benzene rings is 2. The maximum atomic E-state index is 12.5. The van der Waals surface area contributed by atoms with E-state index in [4.69, 9.17) is 23.2 Å². The molecule has 0 aliphatic carbocycles. The van der Waals surface area contributed by atoms with Crippen LogP contribution in [0.1, 0.15) is 47.4 Å². The summed E-state index contributed by atoms with van der Waals surface area (Å²) in [6, 6.07) is 12.7. The number of carbonyl (C=O) groups is 2. The van der Waals surface area contributed by atoms with Crippen molar-refractivity contribution in [1.82, 2.24) is 10.6 Å². The van der Waals surface area contributed by atoms with Crippen LogP contribution in [0.3, 0.4) is 0 Å². The summed E-state index contributed by atoms with van der Waals surface area (Å²) < 4.78 is 0. The smallest absolute Gasteiger partial charge is 0.253 e. The minimum Gasteiger partial charge on any atom is -0.371 e. The average molecular weight is 434 g/mol. The van der Waals surface area contributed by atoms with Crippen LogP contribution in [0.2, 0.25) is 10.0 Å². The third-order valence-electron chi connectivity index (χ3n) is 4.92. The van der Waals surface area contributed by atoms with E-state index in [1.165, 1.54) is 0 Å². The molecule has 1 heterocycles. The molecule has 5 nitrogen and oxygen atoms in total. The summed E-state index contributed by atoms with van der Waals surface area (Å²) in [5.74, 6) is -0.218. The second-order valence-corrected chi connectivity index (χ2v) is 8.32. The quantitative estimate of drug-likeness (QED) is 0.727. The monoisotopic (exact) mass is 433 g/mol. The van der Waals surface area contributed by atoms with E-state index >= 15 is 0 Å². The highest BCUT2D eigenvalue weighted by molar-refractivity contribution is 6.42. The molecule has 2 aromatic carbocycles. The number of carbonyl (C=O) groups excluding carboxylic acids is 2. The van der Waals surface area contributed by atoms with Crippen LogP contribution in [-0.2, 0) is 0 Å². The second kappa shape index (κ2) is 9.51. The molecule has 29 heavy (non-hydrogen) atoms. The molecule has 3 rings (SSSR count). The Kier molecular flexibility index (Phi) is 7.04. The van der Waals surface area contributed by atoms with Crippen molar-refractivity contribution in [3.05, 3.63) is 63.6 Å². The van der Waals surface area contributed by atoms with Crippen LogP contribution < -0.4 is 15.5 Å². The lowest BCUT2D eigenvalue weighted by Gasteiger charge is -2.35. The molecule has 1 fully saturated rings. The minimum atomic E-state index is -0.154. The summed E-state index contributed by atoms with van der Waals surface area (Å²) in [6.07, 6.45) is 1.60. The number of amides is 2. The average Bonchev–Trinajstić information content (AvgIpc) is 2.70. The molecule has 2 aromatic rings. The molecule has 0 spiro atoms. The zero-order chi connectivity index (χ0) is 21.0. The molecule has 0 aromatic heterocycles. The fourth-order valence-electron chi connectivity index (χ4n) is 3.45. The first-order valence-corrected chi connectivity index (χ1v) is 10.5. The molecule has 1 saturated heterocycles. The summed E-state index contributed by atoms with van der Waals surface area (Å²) in [5, 5.41) is 6.82. The molecule has 0 radical (unpaired) electrons. The molecule has 154 valence electrons. The molecular weight excluding hydrogens is 409 g/mol. The molecule has 1 aliphatic rings. The van der Waals surface area contributed by atoms with Crippen LogP contribution in [0.4, 0.5) is 5.69 Å². The molecular formula is C22H25Cl2N3O2. The highest BCUT2D eigenvalue weighted by atomic mass is 35.5. The number of halogens is 2. The Bertz CT molecular complexity index is 893. The van der Waals surface area contributed by atoms with Crippen molar-refractivity contribution in [3.8, 4) is 0 Å². The van der Waals surface area contributed by atoms with Crippen LogP contribution in [0.25, 0.3) is 0 Å². The van der Waals surface area contributed by atoms with E-state index in [9.17, 15) is 9.59 Å². The van der Waals surface area contributed by atoms with Gasteiger partial charge in [-0.3, -0.25) is 9.59 Å².